The largest absolute Gasteiger partial charge is 0.340 e. The summed E-state index contributed by atoms with van der Waals surface area (Å²) in [5.41, 5.74) is 1.61. The van der Waals surface area contributed by atoms with Gasteiger partial charge in [-0.1, -0.05) is 66.2 Å². The molecule has 0 aliphatic heterocycles. The Bertz CT molecular complexity index is 1050. The van der Waals surface area contributed by atoms with Crippen LogP contribution in [-0.4, -0.2) is 14.4 Å². The van der Waals surface area contributed by atoms with Crippen LogP contribution in [0.4, 0.5) is 16.2 Å². The minimum Gasteiger partial charge on any atom is -0.262 e. The predicted molar refractivity (Wildman–Crippen MR) is 113 cm³/mol. The number of nitrogens with zero attached hydrogens (tertiary/aromatic N) is 1. The van der Waals surface area contributed by atoms with Crippen LogP contribution in [-0.2, 0) is 10.0 Å². The van der Waals surface area contributed by atoms with E-state index < -0.39 is 16.1 Å². The number of anilines is 2. The standard InChI is InChI=1S/C21H17ClN2O3S/c22-20-14-8-7-9-17(20)15-16-28(26,27)23-21(25)24(18-10-3-1-4-11-18)19-12-5-2-6-13-19/h1-16H,(H,23,25). The Morgan fingerprint density at radius 3 is 1.86 bits per heavy atom. The molecule has 0 saturated heterocycles. The summed E-state index contributed by atoms with van der Waals surface area (Å²) >= 11 is 6.03. The van der Waals surface area contributed by atoms with Gasteiger partial charge in [-0.15, -0.1) is 0 Å². The Labute approximate surface area is 168 Å². The van der Waals surface area contributed by atoms with E-state index in [2.05, 4.69) is 4.72 Å². The molecule has 0 aliphatic carbocycles. The molecule has 3 aromatic rings. The first-order chi connectivity index (χ1) is 13.5. The lowest BCUT2D eigenvalue weighted by atomic mass is 10.2. The summed E-state index contributed by atoms with van der Waals surface area (Å²) < 4.78 is 26.9. The molecule has 0 radical (unpaired) electrons. The van der Waals surface area contributed by atoms with Crippen molar-refractivity contribution >= 4 is 45.1 Å². The summed E-state index contributed by atoms with van der Waals surface area (Å²) in [6.07, 6.45) is 1.34. The second-order valence-electron chi connectivity index (χ2n) is 5.78. The van der Waals surface area contributed by atoms with Gasteiger partial charge in [0.15, 0.2) is 0 Å². The molecule has 0 saturated carbocycles. The number of halogens is 1. The van der Waals surface area contributed by atoms with E-state index in [1.165, 1.54) is 11.0 Å². The van der Waals surface area contributed by atoms with Crippen LogP contribution in [0.15, 0.2) is 90.3 Å². The Balaban J connectivity index is 1.86. The lowest BCUT2D eigenvalue weighted by Gasteiger charge is -2.22. The van der Waals surface area contributed by atoms with Gasteiger partial charge in [0.1, 0.15) is 0 Å². The number of rotatable bonds is 5. The lowest BCUT2D eigenvalue weighted by Crippen LogP contribution is -2.39. The lowest BCUT2D eigenvalue weighted by molar-refractivity contribution is 0.253. The van der Waals surface area contributed by atoms with Crippen molar-refractivity contribution in [3.8, 4) is 0 Å². The maximum atomic E-state index is 12.8. The molecular formula is C21H17ClN2O3S. The Kier molecular flexibility index (Phi) is 6.13. The average Bonchev–Trinajstić information content (AvgIpc) is 2.69. The van der Waals surface area contributed by atoms with Crippen molar-refractivity contribution in [3.63, 3.8) is 0 Å². The topological polar surface area (TPSA) is 66.5 Å². The van der Waals surface area contributed by atoms with Crippen molar-refractivity contribution in [2.24, 2.45) is 0 Å². The molecule has 0 heterocycles. The fourth-order valence-electron chi connectivity index (χ4n) is 2.51. The molecule has 0 fully saturated rings. The van der Waals surface area contributed by atoms with Crippen LogP contribution in [0.5, 0.6) is 0 Å². The highest BCUT2D eigenvalue weighted by atomic mass is 35.5. The first-order valence-corrected chi connectivity index (χ1v) is 10.3. The van der Waals surface area contributed by atoms with Gasteiger partial charge in [-0.3, -0.25) is 4.90 Å². The van der Waals surface area contributed by atoms with Gasteiger partial charge < -0.3 is 0 Å². The Hall–Kier alpha value is -3.09. The molecule has 1 N–H and O–H groups in total. The highest BCUT2D eigenvalue weighted by molar-refractivity contribution is 7.93. The average molecular weight is 413 g/mol. The molecule has 5 nitrogen and oxygen atoms in total. The third-order valence-electron chi connectivity index (χ3n) is 3.79. The number of hydrogen-bond donors (Lipinski definition) is 1. The zero-order valence-electron chi connectivity index (χ0n) is 14.7. The first-order valence-electron chi connectivity index (χ1n) is 8.36. The monoisotopic (exact) mass is 412 g/mol. The molecule has 7 heteroatoms. The van der Waals surface area contributed by atoms with Gasteiger partial charge in [0.05, 0.1) is 16.8 Å². The van der Waals surface area contributed by atoms with Crippen LogP contribution < -0.4 is 9.62 Å². The van der Waals surface area contributed by atoms with Crippen molar-refractivity contribution in [2.75, 3.05) is 4.90 Å². The second-order valence-corrected chi connectivity index (χ2v) is 7.76. The van der Waals surface area contributed by atoms with Crippen molar-refractivity contribution < 1.29 is 13.2 Å². The van der Waals surface area contributed by atoms with Crippen molar-refractivity contribution in [2.45, 2.75) is 0 Å². The van der Waals surface area contributed by atoms with Crippen molar-refractivity contribution in [1.29, 1.82) is 0 Å². The van der Waals surface area contributed by atoms with Crippen LogP contribution in [0, 0.1) is 0 Å². The number of carbonyl (C=O) groups is 1. The first kappa shape index (κ1) is 19.7. The fraction of sp³-hybridized carbons (Fsp3) is 0. The zero-order chi connectivity index (χ0) is 20.0. The van der Waals surface area contributed by atoms with Crippen LogP contribution in [0.25, 0.3) is 6.08 Å². The van der Waals surface area contributed by atoms with Crippen LogP contribution in [0.2, 0.25) is 5.02 Å². The summed E-state index contributed by atoms with van der Waals surface area (Å²) in [6, 6.07) is 23.6. The van der Waals surface area contributed by atoms with Gasteiger partial charge in [0.2, 0.25) is 0 Å². The quantitative estimate of drug-likeness (QED) is 0.627. The van der Waals surface area contributed by atoms with E-state index in [0.29, 0.717) is 22.0 Å². The highest BCUT2D eigenvalue weighted by Gasteiger charge is 2.21. The maximum absolute atomic E-state index is 12.8. The molecule has 0 aromatic heterocycles. The third kappa shape index (κ3) is 5.00. The number of para-hydroxylation sites is 2. The van der Waals surface area contributed by atoms with E-state index in [1.807, 2.05) is 12.1 Å². The third-order valence-corrected chi connectivity index (χ3v) is 5.09. The summed E-state index contributed by atoms with van der Waals surface area (Å²) in [5, 5.41) is 1.33. The van der Waals surface area contributed by atoms with E-state index in [1.54, 1.807) is 72.8 Å². The minimum absolute atomic E-state index is 0.412. The maximum Gasteiger partial charge on any atom is 0.340 e. The summed E-state index contributed by atoms with van der Waals surface area (Å²) in [6.45, 7) is 0. The fourth-order valence-corrected chi connectivity index (χ4v) is 3.44. The minimum atomic E-state index is -4.04. The highest BCUT2D eigenvalue weighted by Crippen LogP contribution is 2.25. The van der Waals surface area contributed by atoms with Gasteiger partial charge in [0.25, 0.3) is 10.0 Å². The number of sulfonamides is 1. The number of hydrogen-bond acceptors (Lipinski definition) is 3. The van der Waals surface area contributed by atoms with E-state index in [4.69, 9.17) is 11.6 Å². The van der Waals surface area contributed by atoms with Crippen LogP contribution >= 0.6 is 11.6 Å². The molecule has 0 unspecified atom stereocenters. The molecule has 0 spiro atoms. The van der Waals surface area contributed by atoms with Crippen LogP contribution in [0.3, 0.4) is 0 Å². The SMILES string of the molecule is O=C(NS(=O)(=O)C=Cc1ccccc1Cl)N(c1ccccc1)c1ccccc1. The predicted octanol–water partition coefficient (Wildman–Crippen LogP) is 5.19. The van der Waals surface area contributed by atoms with Gasteiger partial charge in [-0.2, -0.15) is 0 Å². The summed E-state index contributed by atoms with van der Waals surface area (Å²) in [5.74, 6) is 0. The number of amides is 2. The van der Waals surface area contributed by atoms with E-state index >= 15 is 0 Å². The number of carbonyl (C=O) groups excluding carboxylic acids is 1. The molecule has 142 valence electrons. The Morgan fingerprint density at radius 1 is 0.821 bits per heavy atom. The normalized spacial score (nSPS) is 11.3. The molecule has 0 aliphatic rings. The van der Waals surface area contributed by atoms with Crippen molar-refractivity contribution in [1.82, 2.24) is 4.72 Å². The number of urea groups is 1. The van der Waals surface area contributed by atoms with E-state index in [0.717, 1.165) is 5.41 Å². The molecule has 0 bridgehead atoms. The summed E-state index contributed by atoms with van der Waals surface area (Å²) in [7, 11) is -4.04. The van der Waals surface area contributed by atoms with E-state index in [9.17, 15) is 13.2 Å². The van der Waals surface area contributed by atoms with Gasteiger partial charge >= 0.3 is 6.03 Å². The molecule has 28 heavy (non-hydrogen) atoms. The number of benzene rings is 3. The van der Waals surface area contributed by atoms with Gasteiger partial charge in [0, 0.05) is 5.02 Å². The molecule has 2 amide bonds. The van der Waals surface area contributed by atoms with Crippen molar-refractivity contribution in [3.05, 3.63) is 101 Å². The zero-order valence-corrected chi connectivity index (χ0v) is 16.3. The van der Waals surface area contributed by atoms with Gasteiger partial charge in [-0.05, 0) is 42.0 Å². The molecule has 3 aromatic carbocycles. The number of nitrogens with one attached hydrogen (secondary N) is 1. The second kappa shape index (κ2) is 8.73. The molecule has 0 atom stereocenters. The smallest absolute Gasteiger partial charge is 0.262 e. The van der Waals surface area contributed by atoms with E-state index in [-0.39, 0.29) is 0 Å². The summed E-state index contributed by atoms with van der Waals surface area (Å²) in [4.78, 5) is 14.1. The Morgan fingerprint density at radius 2 is 1.32 bits per heavy atom. The van der Waals surface area contributed by atoms with Gasteiger partial charge in [-0.25, -0.2) is 17.9 Å². The molecule has 3 rings (SSSR count). The van der Waals surface area contributed by atoms with Crippen LogP contribution in [0.1, 0.15) is 5.56 Å². The molecular weight excluding hydrogens is 396 g/mol.